The third-order valence-electron chi connectivity index (χ3n) is 3.56. The first kappa shape index (κ1) is 18.7. The highest BCUT2D eigenvalue weighted by Crippen LogP contribution is 2.37. The van der Waals surface area contributed by atoms with Crippen molar-refractivity contribution in [2.45, 2.75) is 24.5 Å². The SMILES string of the molecule is Cc1sc(-c2cc(C(F)(F)F)on2)cc1S(=O)(=O)N(C)Cc1ccco1. The number of hydrogen-bond acceptors (Lipinski definition) is 6. The fourth-order valence-electron chi connectivity index (χ4n) is 2.25. The molecule has 3 rings (SSSR count). The van der Waals surface area contributed by atoms with Crippen molar-refractivity contribution in [1.29, 1.82) is 0 Å². The molecule has 0 saturated carbocycles. The Morgan fingerprint density at radius 1 is 1.31 bits per heavy atom. The van der Waals surface area contributed by atoms with Crippen molar-refractivity contribution in [3.05, 3.63) is 46.9 Å². The van der Waals surface area contributed by atoms with Crippen LogP contribution in [0.15, 0.2) is 44.4 Å². The fraction of sp³-hybridized carbons (Fsp3) is 0.267. The number of aryl methyl sites for hydroxylation is 1. The van der Waals surface area contributed by atoms with Crippen molar-refractivity contribution in [1.82, 2.24) is 9.46 Å². The molecule has 0 spiro atoms. The number of rotatable bonds is 5. The van der Waals surface area contributed by atoms with Gasteiger partial charge >= 0.3 is 6.18 Å². The summed E-state index contributed by atoms with van der Waals surface area (Å²) in [7, 11) is -2.46. The van der Waals surface area contributed by atoms with Gasteiger partial charge in [-0.05, 0) is 25.1 Å². The molecule has 11 heteroatoms. The third-order valence-corrected chi connectivity index (χ3v) is 6.69. The second-order valence-corrected chi connectivity index (χ2v) is 8.72. The number of thiophene rings is 1. The summed E-state index contributed by atoms with van der Waals surface area (Å²) >= 11 is 1.02. The zero-order valence-electron chi connectivity index (χ0n) is 13.6. The van der Waals surface area contributed by atoms with Gasteiger partial charge in [-0.1, -0.05) is 5.16 Å². The van der Waals surface area contributed by atoms with E-state index in [0.29, 0.717) is 10.6 Å². The highest BCUT2D eigenvalue weighted by Gasteiger charge is 2.36. The number of nitrogens with zero attached hydrogens (tertiary/aromatic N) is 2. The Bertz CT molecular complexity index is 1000. The largest absolute Gasteiger partial charge is 0.468 e. The molecule has 6 nitrogen and oxygen atoms in total. The van der Waals surface area contributed by atoms with E-state index in [4.69, 9.17) is 4.42 Å². The van der Waals surface area contributed by atoms with Crippen molar-refractivity contribution < 1.29 is 30.5 Å². The highest BCUT2D eigenvalue weighted by molar-refractivity contribution is 7.89. The van der Waals surface area contributed by atoms with Crippen LogP contribution in [-0.4, -0.2) is 24.9 Å². The second kappa shape index (κ2) is 6.56. The van der Waals surface area contributed by atoms with E-state index < -0.39 is 22.0 Å². The van der Waals surface area contributed by atoms with Crippen molar-refractivity contribution in [2.24, 2.45) is 0 Å². The van der Waals surface area contributed by atoms with Gasteiger partial charge in [0, 0.05) is 18.0 Å². The number of alkyl halides is 3. The van der Waals surface area contributed by atoms with Gasteiger partial charge in [0.25, 0.3) is 0 Å². The van der Waals surface area contributed by atoms with Crippen molar-refractivity contribution in [2.75, 3.05) is 7.05 Å². The van der Waals surface area contributed by atoms with E-state index in [-0.39, 0.29) is 22.0 Å². The lowest BCUT2D eigenvalue weighted by Gasteiger charge is -2.15. The highest BCUT2D eigenvalue weighted by atomic mass is 32.2. The summed E-state index contributed by atoms with van der Waals surface area (Å²) in [6.07, 6.45) is -3.22. The molecule has 3 aromatic rings. The maximum absolute atomic E-state index is 12.8. The van der Waals surface area contributed by atoms with Crippen LogP contribution in [0, 0.1) is 6.92 Å². The lowest BCUT2D eigenvalue weighted by atomic mass is 10.3. The summed E-state index contributed by atoms with van der Waals surface area (Å²) in [6, 6.07) is 5.33. The molecule has 3 aromatic heterocycles. The number of halogens is 3. The molecule has 0 aromatic carbocycles. The Hall–Kier alpha value is -2.11. The van der Waals surface area contributed by atoms with E-state index in [1.807, 2.05) is 0 Å². The van der Waals surface area contributed by atoms with Gasteiger partial charge in [0.05, 0.1) is 22.6 Å². The van der Waals surface area contributed by atoms with Crippen LogP contribution in [0.1, 0.15) is 16.4 Å². The first-order valence-electron chi connectivity index (χ1n) is 7.22. The molecule has 0 saturated heterocycles. The maximum Gasteiger partial charge on any atom is 0.452 e. The zero-order chi connectivity index (χ0) is 19.1. The van der Waals surface area contributed by atoms with Gasteiger partial charge in [-0.3, -0.25) is 0 Å². The summed E-state index contributed by atoms with van der Waals surface area (Å²) in [6.45, 7) is 1.61. The van der Waals surface area contributed by atoms with E-state index in [1.54, 1.807) is 19.1 Å². The number of furan rings is 1. The zero-order valence-corrected chi connectivity index (χ0v) is 15.2. The monoisotopic (exact) mass is 406 g/mol. The number of aromatic nitrogens is 1. The minimum Gasteiger partial charge on any atom is -0.468 e. The van der Waals surface area contributed by atoms with Gasteiger partial charge in [0.2, 0.25) is 15.8 Å². The molecule has 0 atom stereocenters. The van der Waals surface area contributed by atoms with Gasteiger partial charge in [-0.15, -0.1) is 11.3 Å². The molecule has 0 fully saturated rings. The van der Waals surface area contributed by atoms with E-state index in [2.05, 4.69) is 9.68 Å². The van der Waals surface area contributed by atoms with Gasteiger partial charge < -0.3 is 8.94 Å². The average molecular weight is 406 g/mol. The number of hydrogen-bond donors (Lipinski definition) is 0. The van der Waals surface area contributed by atoms with Crippen LogP contribution in [0.25, 0.3) is 10.6 Å². The van der Waals surface area contributed by atoms with E-state index in [1.165, 1.54) is 19.4 Å². The molecule has 0 bridgehead atoms. The molecular weight excluding hydrogens is 393 g/mol. The molecule has 0 aliphatic carbocycles. The predicted octanol–water partition coefficient (Wildman–Crippen LogP) is 4.14. The van der Waals surface area contributed by atoms with Gasteiger partial charge in [-0.2, -0.15) is 17.5 Å². The Labute approximate surface area is 150 Å². The first-order valence-corrected chi connectivity index (χ1v) is 9.48. The van der Waals surface area contributed by atoms with Crippen LogP contribution in [0.4, 0.5) is 13.2 Å². The Morgan fingerprint density at radius 2 is 2.04 bits per heavy atom. The molecule has 0 amide bonds. The molecular formula is C15H13F3N2O4S2. The third kappa shape index (κ3) is 3.55. The second-order valence-electron chi connectivity index (χ2n) is 5.45. The minimum absolute atomic E-state index is 0.00288. The molecule has 26 heavy (non-hydrogen) atoms. The maximum atomic E-state index is 12.8. The van der Waals surface area contributed by atoms with E-state index in [0.717, 1.165) is 21.7 Å². The van der Waals surface area contributed by atoms with Crippen molar-refractivity contribution in [3.8, 4) is 10.6 Å². The van der Waals surface area contributed by atoms with E-state index >= 15 is 0 Å². The van der Waals surface area contributed by atoms with Crippen LogP contribution < -0.4 is 0 Å². The Morgan fingerprint density at radius 3 is 2.62 bits per heavy atom. The molecule has 0 aliphatic rings. The van der Waals surface area contributed by atoms with Crippen LogP contribution in [0.3, 0.4) is 0 Å². The normalized spacial score (nSPS) is 12.8. The van der Waals surface area contributed by atoms with Crippen LogP contribution in [0.5, 0.6) is 0 Å². The Kier molecular flexibility index (Phi) is 4.71. The van der Waals surface area contributed by atoms with Crippen LogP contribution >= 0.6 is 11.3 Å². The minimum atomic E-state index is -4.66. The van der Waals surface area contributed by atoms with Crippen molar-refractivity contribution >= 4 is 21.4 Å². The summed E-state index contributed by atoms with van der Waals surface area (Å²) < 4.78 is 74.0. The van der Waals surface area contributed by atoms with Gasteiger partial charge in [0.15, 0.2) is 0 Å². The van der Waals surface area contributed by atoms with Crippen molar-refractivity contribution in [3.63, 3.8) is 0 Å². The van der Waals surface area contributed by atoms with E-state index in [9.17, 15) is 21.6 Å². The van der Waals surface area contributed by atoms with Gasteiger partial charge in [-0.25, -0.2) is 8.42 Å². The molecule has 0 unspecified atom stereocenters. The Balaban J connectivity index is 1.91. The summed E-state index contributed by atoms with van der Waals surface area (Å²) in [4.78, 5) is 0.706. The smallest absolute Gasteiger partial charge is 0.452 e. The van der Waals surface area contributed by atoms with Gasteiger partial charge in [0.1, 0.15) is 11.5 Å². The fourth-order valence-corrected chi connectivity index (χ4v) is 4.89. The first-order chi connectivity index (χ1) is 12.1. The quantitative estimate of drug-likeness (QED) is 0.636. The average Bonchev–Trinajstić information content (AvgIpc) is 3.25. The summed E-state index contributed by atoms with van der Waals surface area (Å²) in [5.41, 5.74) is -0.0689. The standard InChI is InChI=1S/C15H13F3N2O4S2/c1-9-13(26(21,22)20(2)8-10-4-3-5-23-10)7-12(25-9)11-6-14(24-19-11)15(16,17)18/h3-7H,8H2,1-2H3. The lowest BCUT2D eigenvalue weighted by molar-refractivity contribution is -0.155. The molecule has 140 valence electrons. The topological polar surface area (TPSA) is 76.6 Å². The molecule has 0 radical (unpaired) electrons. The molecule has 0 aliphatic heterocycles. The molecule has 3 heterocycles. The predicted molar refractivity (Wildman–Crippen MR) is 86.9 cm³/mol. The lowest BCUT2D eigenvalue weighted by Crippen LogP contribution is -2.26. The summed E-state index contributed by atoms with van der Waals surface area (Å²) in [5, 5.41) is 3.39. The molecule has 0 N–H and O–H groups in total. The van der Waals surface area contributed by atoms with Crippen LogP contribution in [-0.2, 0) is 22.7 Å². The summed E-state index contributed by atoms with van der Waals surface area (Å²) in [5.74, 6) is -0.770. The number of sulfonamides is 1. The van der Waals surface area contributed by atoms with Crippen LogP contribution in [0.2, 0.25) is 0 Å².